The van der Waals surface area contributed by atoms with Crippen LogP contribution in [0.15, 0.2) is 15.8 Å². The monoisotopic (exact) mass is 269 g/mol. The van der Waals surface area contributed by atoms with Gasteiger partial charge in [0.05, 0.1) is 5.92 Å². The maximum Gasteiger partial charge on any atom is 0.328 e. The average molecular weight is 269 g/mol. The Morgan fingerprint density at radius 1 is 1.47 bits per heavy atom. The summed E-state index contributed by atoms with van der Waals surface area (Å²) in [5.41, 5.74) is -1.55. The molecule has 8 heteroatoms. The van der Waals surface area contributed by atoms with Crippen LogP contribution < -0.4 is 11.2 Å². The van der Waals surface area contributed by atoms with Gasteiger partial charge < -0.3 is 15.0 Å². The van der Waals surface area contributed by atoms with Crippen molar-refractivity contribution in [2.45, 2.75) is 6.92 Å². The van der Waals surface area contributed by atoms with Crippen molar-refractivity contribution in [3.63, 3.8) is 0 Å². The molecular formula is C11H15N3O5. The van der Waals surface area contributed by atoms with Gasteiger partial charge in [-0.05, 0) is 0 Å². The van der Waals surface area contributed by atoms with Crippen LogP contribution in [0.1, 0.15) is 17.3 Å². The third kappa shape index (κ3) is 3.09. The SMILES string of the molecule is CC(CN(C)C(=O)c1c[nH]c(=O)n(C)c1=O)C(=O)O. The molecule has 1 unspecified atom stereocenters. The van der Waals surface area contributed by atoms with Crippen LogP contribution in [0, 0.1) is 5.92 Å². The summed E-state index contributed by atoms with van der Waals surface area (Å²) < 4.78 is 0.779. The summed E-state index contributed by atoms with van der Waals surface area (Å²) in [7, 11) is 2.64. The van der Waals surface area contributed by atoms with Gasteiger partial charge in [-0.3, -0.25) is 19.0 Å². The molecular weight excluding hydrogens is 254 g/mol. The second-order valence-corrected chi connectivity index (χ2v) is 4.30. The third-order valence-electron chi connectivity index (χ3n) is 2.73. The number of carbonyl (C=O) groups excluding carboxylic acids is 1. The third-order valence-corrected chi connectivity index (χ3v) is 2.73. The molecule has 104 valence electrons. The van der Waals surface area contributed by atoms with Crippen molar-refractivity contribution in [1.29, 1.82) is 0 Å². The number of aromatic nitrogens is 2. The topological polar surface area (TPSA) is 112 Å². The molecule has 1 heterocycles. The Kier molecular flexibility index (Phi) is 4.26. The number of carbonyl (C=O) groups is 2. The van der Waals surface area contributed by atoms with Gasteiger partial charge in [-0.2, -0.15) is 0 Å². The van der Waals surface area contributed by atoms with E-state index in [1.807, 2.05) is 0 Å². The highest BCUT2D eigenvalue weighted by molar-refractivity contribution is 5.93. The highest BCUT2D eigenvalue weighted by atomic mass is 16.4. The summed E-state index contributed by atoms with van der Waals surface area (Å²) in [6, 6.07) is 0. The van der Waals surface area contributed by atoms with E-state index < -0.39 is 29.0 Å². The van der Waals surface area contributed by atoms with Gasteiger partial charge in [-0.25, -0.2) is 4.79 Å². The van der Waals surface area contributed by atoms with Crippen molar-refractivity contribution in [1.82, 2.24) is 14.5 Å². The Balaban J connectivity index is 3.02. The van der Waals surface area contributed by atoms with Crippen LogP contribution in [0.3, 0.4) is 0 Å². The van der Waals surface area contributed by atoms with Gasteiger partial charge in [-0.1, -0.05) is 6.92 Å². The van der Waals surface area contributed by atoms with E-state index in [4.69, 9.17) is 5.11 Å². The van der Waals surface area contributed by atoms with Crippen molar-refractivity contribution >= 4 is 11.9 Å². The molecule has 1 atom stereocenters. The van der Waals surface area contributed by atoms with E-state index in [1.165, 1.54) is 21.0 Å². The first-order valence-electron chi connectivity index (χ1n) is 5.52. The van der Waals surface area contributed by atoms with Gasteiger partial charge in [0.1, 0.15) is 5.56 Å². The zero-order valence-corrected chi connectivity index (χ0v) is 10.8. The molecule has 0 radical (unpaired) electrons. The first kappa shape index (κ1) is 14.7. The summed E-state index contributed by atoms with van der Waals surface area (Å²) in [5.74, 6) is -2.42. The molecule has 0 spiro atoms. The number of hydrogen-bond acceptors (Lipinski definition) is 4. The number of amides is 1. The molecule has 2 N–H and O–H groups in total. The summed E-state index contributed by atoms with van der Waals surface area (Å²) >= 11 is 0. The highest BCUT2D eigenvalue weighted by Gasteiger charge is 2.21. The maximum absolute atomic E-state index is 12.0. The summed E-state index contributed by atoms with van der Waals surface area (Å²) in [6.45, 7) is 1.42. The van der Waals surface area contributed by atoms with Gasteiger partial charge in [0.25, 0.3) is 11.5 Å². The summed E-state index contributed by atoms with van der Waals surface area (Å²) in [5, 5.41) is 8.77. The Labute approximate surface area is 108 Å². The van der Waals surface area contributed by atoms with E-state index in [0.29, 0.717) is 0 Å². The number of rotatable bonds is 4. The van der Waals surface area contributed by atoms with Crippen molar-refractivity contribution in [3.8, 4) is 0 Å². The molecule has 0 fully saturated rings. The predicted octanol–water partition coefficient (Wildman–Crippen LogP) is -1.13. The zero-order chi connectivity index (χ0) is 14.7. The molecule has 1 aromatic rings. The van der Waals surface area contributed by atoms with Crippen molar-refractivity contribution in [2.75, 3.05) is 13.6 Å². The first-order chi connectivity index (χ1) is 8.75. The van der Waals surface area contributed by atoms with Gasteiger partial charge in [0.2, 0.25) is 0 Å². The number of carboxylic acid groups (broad SMARTS) is 1. The standard InChI is InChI=1S/C11H15N3O5/c1-6(10(17)18)5-13(2)8(15)7-4-12-11(19)14(3)9(7)16/h4,6H,5H2,1-3H3,(H,12,19)(H,17,18). The average Bonchev–Trinajstić information content (AvgIpc) is 2.35. The first-order valence-corrected chi connectivity index (χ1v) is 5.52. The van der Waals surface area contributed by atoms with E-state index in [2.05, 4.69) is 4.98 Å². The predicted molar refractivity (Wildman–Crippen MR) is 66.1 cm³/mol. The van der Waals surface area contributed by atoms with E-state index in [9.17, 15) is 19.2 Å². The van der Waals surface area contributed by atoms with E-state index >= 15 is 0 Å². The second-order valence-electron chi connectivity index (χ2n) is 4.30. The lowest BCUT2D eigenvalue weighted by atomic mass is 10.1. The van der Waals surface area contributed by atoms with Crippen LogP contribution in [0.5, 0.6) is 0 Å². The molecule has 0 aromatic carbocycles. The van der Waals surface area contributed by atoms with Crippen LogP contribution in [-0.4, -0.2) is 45.0 Å². The largest absolute Gasteiger partial charge is 0.481 e. The quantitative estimate of drug-likeness (QED) is 0.718. The van der Waals surface area contributed by atoms with Crippen LogP contribution in [0.25, 0.3) is 0 Å². The lowest BCUT2D eigenvalue weighted by Crippen LogP contribution is -2.41. The van der Waals surface area contributed by atoms with E-state index in [-0.39, 0.29) is 12.1 Å². The number of hydrogen-bond donors (Lipinski definition) is 2. The van der Waals surface area contributed by atoms with Gasteiger partial charge in [0, 0.05) is 26.8 Å². The second kappa shape index (κ2) is 5.51. The smallest absolute Gasteiger partial charge is 0.328 e. The number of carboxylic acids is 1. The fourth-order valence-corrected chi connectivity index (χ4v) is 1.50. The van der Waals surface area contributed by atoms with E-state index in [1.54, 1.807) is 0 Å². The minimum atomic E-state index is -1.03. The van der Waals surface area contributed by atoms with E-state index in [0.717, 1.165) is 15.7 Å². The molecule has 0 aliphatic rings. The lowest BCUT2D eigenvalue weighted by molar-refractivity contribution is -0.141. The minimum Gasteiger partial charge on any atom is -0.481 e. The minimum absolute atomic E-state index is 0.0313. The van der Waals surface area contributed by atoms with Crippen molar-refractivity contribution in [3.05, 3.63) is 32.6 Å². The van der Waals surface area contributed by atoms with Crippen LogP contribution in [-0.2, 0) is 11.8 Å². The normalized spacial score (nSPS) is 11.9. The molecule has 1 aromatic heterocycles. The Hall–Kier alpha value is -2.38. The fourth-order valence-electron chi connectivity index (χ4n) is 1.50. The number of H-pyrrole nitrogens is 1. The number of nitrogens with one attached hydrogen (secondary N) is 1. The molecule has 0 bridgehead atoms. The summed E-state index contributed by atoms with van der Waals surface area (Å²) in [4.78, 5) is 49.0. The number of aromatic amines is 1. The Morgan fingerprint density at radius 2 is 2.05 bits per heavy atom. The molecule has 19 heavy (non-hydrogen) atoms. The van der Waals surface area contributed by atoms with Crippen molar-refractivity contribution < 1.29 is 14.7 Å². The molecule has 0 aliphatic heterocycles. The van der Waals surface area contributed by atoms with Gasteiger partial charge >= 0.3 is 11.7 Å². The molecule has 1 rings (SSSR count). The molecule has 0 saturated carbocycles. The van der Waals surface area contributed by atoms with Crippen molar-refractivity contribution in [2.24, 2.45) is 13.0 Å². The Bertz CT molecular complexity index is 615. The molecule has 1 amide bonds. The molecule has 8 nitrogen and oxygen atoms in total. The van der Waals surface area contributed by atoms with Gasteiger partial charge in [0.15, 0.2) is 0 Å². The number of aliphatic carboxylic acids is 1. The zero-order valence-electron chi connectivity index (χ0n) is 10.8. The molecule has 0 saturated heterocycles. The fraction of sp³-hybridized carbons (Fsp3) is 0.455. The lowest BCUT2D eigenvalue weighted by Gasteiger charge is -2.19. The van der Waals surface area contributed by atoms with Gasteiger partial charge in [-0.15, -0.1) is 0 Å². The van der Waals surface area contributed by atoms with Crippen LogP contribution in [0.4, 0.5) is 0 Å². The number of nitrogens with zero attached hydrogens (tertiary/aromatic N) is 2. The van der Waals surface area contributed by atoms with Crippen LogP contribution >= 0.6 is 0 Å². The molecule has 0 aliphatic carbocycles. The summed E-state index contributed by atoms with van der Waals surface area (Å²) in [6.07, 6.45) is 1.04. The van der Waals surface area contributed by atoms with Crippen LogP contribution in [0.2, 0.25) is 0 Å². The highest BCUT2D eigenvalue weighted by Crippen LogP contribution is 2.02. The Morgan fingerprint density at radius 3 is 2.58 bits per heavy atom. The maximum atomic E-state index is 12.0.